The molecule has 0 atom stereocenters. The molecule has 27 heavy (non-hydrogen) atoms. The molecule has 0 saturated heterocycles. The number of fused-ring (bicyclic) bond motifs is 1. The lowest BCUT2D eigenvalue weighted by molar-refractivity contribution is -0.110. The van der Waals surface area contributed by atoms with Gasteiger partial charge in [0.2, 0.25) is 21.4 Å². The van der Waals surface area contributed by atoms with Gasteiger partial charge in [0.1, 0.15) is 15.7 Å². The van der Waals surface area contributed by atoms with Crippen LogP contribution in [-0.4, -0.2) is 25.0 Å². The van der Waals surface area contributed by atoms with Gasteiger partial charge in [-0.1, -0.05) is 42.5 Å². The van der Waals surface area contributed by atoms with Gasteiger partial charge >= 0.3 is 0 Å². The van der Waals surface area contributed by atoms with Crippen molar-refractivity contribution >= 4 is 27.5 Å². The van der Waals surface area contributed by atoms with E-state index in [4.69, 9.17) is 0 Å². The van der Waals surface area contributed by atoms with E-state index in [0.717, 1.165) is 18.2 Å². The van der Waals surface area contributed by atoms with E-state index in [1.807, 2.05) is 0 Å². The minimum Gasteiger partial charge on any atom is -0.345 e. The monoisotopic (exact) mass is 381 g/mol. The lowest BCUT2D eigenvalue weighted by atomic mass is 9.94. The number of hydrogen-bond donors (Lipinski definition) is 1. The molecule has 7 heteroatoms. The number of rotatable bonds is 3. The average molecular weight is 381 g/mol. The molecular formula is C20H12FNO4S. The highest BCUT2D eigenvalue weighted by molar-refractivity contribution is 7.91. The van der Waals surface area contributed by atoms with Gasteiger partial charge in [0.05, 0.1) is 11.3 Å². The SMILES string of the molecule is O=C1C=Cc2[nH]c(S(=O)(=O)c3ccccc3F)c(-c3ccccc3)c2C1=O. The summed E-state index contributed by atoms with van der Waals surface area (Å²) < 4.78 is 40.5. The topological polar surface area (TPSA) is 84.1 Å². The van der Waals surface area contributed by atoms with Gasteiger partial charge in [0, 0.05) is 5.56 Å². The van der Waals surface area contributed by atoms with Gasteiger partial charge in [0.25, 0.3) is 0 Å². The molecule has 1 aliphatic rings. The number of aromatic amines is 1. The van der Waals surface area contributed by atoms with Crippen LogP contribution in [0.25, 0.3) is 17.2 Å². The van der Waals surface area contributed by atoms with Crippen LogP contribution in [0.4, 0.5) is 4.39 Å². The van der Waals surface area contributed by atoms with Gasteiger partial charge < -0.3 is 4.98 Å². The Kier molecular flexibility index (Phi) is 3.89. The number of ketones is 2. The smallest absolute Gasteiger partial charge is 0.235 e. The first-order chi connectivity index (χ1) is 12.9. The first-order valence-electron chi connectivity index (χ1n) is 7.99. The van der Waals surface area contributed by atoms with Crippen LogP contribution < -0.4 is 0 Å². The summed E-state index contributed by atoms with van der Waals surface area (Å²) in [6, 6.07) is 13.3. The average Bonchev–Trinajstić information content (AvgIpc) is 3.07. The molecule has 5 nitrogen and oxygen atoms in total. The number of carbonyl (C=O) groups excluding carboxylic acids is 2. The largest absolute Gasteiger partial charge is 0.345 e. The van der Waals surface area contributed by atoms with E-state index in [1.54, 1.807) is 30.3 Å². The number of carbonyl (C=O) groups is 2. The van der Waals surface area contributed by atoms with Crippen LogP contribution in [0.1, 0.15) is 16.1 Å². The number of sulfone groups is 1. The first-order valence-corrected chi connectivity index (χ1v) is 9.47. The standard InChI is InChI=1S/C20H12FNO4S/c21-13-8-4-5-9-16(13)27(25,26)20-17(12-6-2-1-3-7-12)18-14(22-20)10-11-15(23)19(18)24/h1-11,22H. The summed E-state index contributed by atoms with van der Waals surface area (Å²) >= 11 is 0. The van der Waals surface area contributed by atoms with E-state index < -0.39 is 32.1 Å². The zero-order valence-electron chi connectivity index (χ0n) is 13.8. The van der Waals surface area contributed by atoms with Crippen LogP contribution in [0.2, 0.25) is 0 Å². The van der Waals surface area contributed by atoms with Crippen LogP contribution in [0.15, 0.2) is 70.6 Å². The first kappa shape index (κ1) is 17.1. The third kappa shape index (κ3) is 2.63. The molecule has 1 heterocycles. The molecule has 3 aromatic rings. The van der Waals surface area contributed by atoms with Crippen molar-refractivity contribution in [3.05, 3.63) is 77.7 Å². The fourth-order valence-electron chi connectivity index (χ4n) is 3.07. The van der Waals surface area contributed by atoms with Gasteiger partial charge in [-0.25, -0.2) is 12.8 Å². The van der Waals surface area contributed by atoms with Crippen molar-refractivity contribution in [3.63, 3.8) is 0 Å². The maximum Gasteiger partial charge on any atom is 0.235 e. The zero-order valence-corrected chi connectivity index (χ0v) is 14.6. The van der Waals surface area contributed by atoms with Crippen LogP contribution in [0, 0.1) is 5.82 Å². The summed E-state index contributed by atoms with van der Waals surface area (Å²) in [5, 5.41) is -0.323. The summed E-state index contributed by atoms with van der Waals surface area (Å²) in [6.07, 6.45) is 2.43. The fraction of sp³-hybridized carbons (Fsp3) is 0. The minimum atomic E-state index is -4.31. The quantitative estimate of drug-likeness (QED) is 0.705. The fourth-order valence-corrected chi connectivity index (χ4v) is 4.60. The second-order valence-corrected chi connectivity index (χ2v) is 7.80. The number of aromatic nitrogens is 1. The van der Waals surface area contributed by atoms with Gasteiger partial charge in [-0.2, -0.15) is 0 Å². The Morgan fingerprint density at radius 2 is 1.48 bits per heavy atom. The highest BCUT2D eigenvalue weighted by Crippen LogP contribution is 2.38. The Morgan fingerprint density at radius 1 is 0.815 bits per heavy atom. The maximum atomic E-state index is 14.2. The predicted molar refractivity (Wildman–Crippen MR) is 96.5 cm³/mol. The number of allylic oxidation sites excluding steroid dienone is 1. The van der Waals surface area contributed by atoms with E-state index in [9.17, 15) is 22.4 Å². The molecule has 1 aromatic heterocycles. The lowest BCUT2D eigenvalue weighted by Gasteiger charge is -2.09. The van der Waals surface area contributed by atoms with E-state index >= 15 is 0 Å². The van der Waals surface area contributed by atoms with Crippen molar-refractivity contribution < 1.29 is 22.4 Å². The second kappa shape index (κ2) is 6.14. The molecule has 0 fully saturated rings. The van der Waals surface area contributed by atoms with Gasteiger partial charge in [-0.15, -0.1) is 0 Å². The number of halogens is 1. The van der Waals surface area contributed by atoms with Gasteiger partial charge in [0.15, 0.2) is 0 Å². The number of nitrogens with one attached hydrogen (secondary N) is 1. The summed E-state index contributed by atoms with van der Waals surface area (Å²) in [5.74, 6) is -2.45. The summed E-state index contributed by atoms with van der Waals surface area (Å²) in [6.45, 7) is 0. The molecule has 2 aromatic carbocycles. The highest BCUT2D eigenvalue weighted by atomic mass is 32.2. The third-order valence-electron chi connectivity index (χ3n) is 4.30. The van der Waals surface area contributed by atoms with Gasteiger partial charge in [-0.3, -0.25) is 9.59 Å². The van der Waals surface area contributed by atoms with Gasteiger partial charge in [-0.05, 0) is 29.8 Å². The molecule has 4 rings (SSSR count). The van der Waals surface area contributed by atoms with E-state index in [1.165, 1.54) is 18.2 Å². The van der Waals surface area contributed by atoms with Crippen molar-refractivity contribution in [2.24, 2.45) is 0 Å². The summed E-state index contributed by atoms with van der Waals surface area (Å²) in [4.78, 5) is 26.5. The van der Waals surface area contributed by atoms with Crippen molar-refractivity contribution in [2.75, 3.05) is 0 Å². The summed E-state index contributed by atoms with van der Waals surface area (Å²) in [5.41, 5.74) is 0.676. The van der Waals surface area contributed by atoms with Crippen molar-refractivity contribution in [1.82, 2.24) is 4.98 Å². The molecule has 0 spiro atoms. The molecule has 0 unspecified atom stereocenters. The van der Waals surface area contributed by atoms with Crippen LogP contribution in [-0.2, 0) is 14.6 Å². The maximum absolute atomic E-state index is 14.2. The van der Waals surface area contributed by atoms with Crippen LogP contribution >= 0.6 is 0 Å². The second-order valence-electron chi connectivity index (χ2n) is 5.94. The zero-order chi connectivity index (χ0) is 19.2. The molecule has 1 N–H and O–H groups in total. The number of hydrogen-bond acceptors (Lipinski definition) is 4. The van der Waals surface area contributed by atoms with Crippen molar-refractivity contribution in [1.29, 1.82) is 0 Å². The van der Waals surface area contributed by atoms with Crippen LogP contribution in [0.5, 0.6) is 0 Å². The normalized spacial score (nSPS) is 13.7. The number of Topliss-reactive ketones (excluding diaryl/α,β-unsaturated/α-hetero) is 1. The Balaban J connectivity index is 2.08. The Bertz CT molecular complexity index is 1220. The molecule has 0 bridgehead atoms. The van der Waals surface area contributed by atoms with Crippen LogP contribution in [0.3, 0.4) is 0 Å². The predicted octanol–water partition coefficient (Wildman–Crippen LogP) is 3.43. The van der Waals surface area contributed by atoms with E-state index in [2.05, 4.69) is 4.98 Å². The Morgan fingerprint density at radius 3 is 2.19 bits per heavy atom. The minimum absolute atomic E-state index is 0.0244. The van der Waals surface area contributed by atoms with Crippen molar-refractivity contribution in [3.8, 4) is 11.1 Å². The summed E-state index contributed by atoms with van der Waals surface area (Å²) in [7, 11) is -4.31. The Labute approximate surface area is 154 Å². The van der Waals surface area contributed by atoms with E-state index in [-0.39, 0.29) is 21.8 Å². The molecule has 0 radical (unpaired) electrons. The molecule has 1 aliphatic carbocycles. The lowest BCUT2D eigenvalue weighted by Crippen LogP contribution is -2.16. The molecule has 0 amide bonds. The molecular weight excluding hydrogens is 369 g/mol. The van der Waals surface area contributed by atoms with E-state index in [0.29, 0.717) is 5.56 Å². The van der Waals surface area contributed by atoms with Crippen molar-refractivity contribution in [2.45, 2.75) is 9.92 Å². The number of benzene rings is 2. The Hall–Kier alpha value is -3.32. The molecule has 134 valence electrons. The molecule has 0 aliphatic heterocycles. The number of H-pyrrole nitrogens is 1. The third-order valence-corrected chi connectivity index (χ3v) is 6.06. The molecule has 0 saturated carbocycles. The highest BCUT2D eigenvalue weighted by Gasteiger charge is 2.35.